The van der Waals surface area contributed by atoms with Gasteiger partial charge in [0.05, 0.1) is 6.04 Å². The van der Waals surface area contributed by atoms with Gasteiger partial charge >= 0.3 is 0 Å². The number of alkyl halides is 1. The third-order valence-electron chi connectivity index (χ3n) is 4.76. The van der Waals surface area contributed by atoms with Crippen molar-refractivity contribution in [3.63, 3.8) is 0 Å². The van der Waals surface area contributed by atoms with Gasteiger partial charge in [-0.3, -0.25) is 9.80 Å². The summed E-state index contributed by atoms with van der Waals surface area (Å²) in [7, 11) is 2.10. The molecule has 3 unspecified atom stereocenters. The predicted molar refractivity (Wildman–Crippen MR) is 73.7 cm³/mol. The van der Waals surface area contributed by atoms with Crippen molar-refractivity contribution in [1.29, 1.82) is 0 Å². The molecule has 0 aliphatic carbocycles. The van der Waals surface area contributed by atoms with Gasteiger partial charge in [-0.25, -0.2) is 4.39 Å². The van der Waals surface area contributed by atoms with Crippen molar-refractivity contribution in [2.24, 2.45) is 0 Å². The maximum atomic E-state index is 13.3. The van der Waals surface area contributed by atoms with E-state index in [0.29, 0.717) is 18.1 Å². The van der Waals surface area contributed by atoms with E-state index in [4.69, 9.17) is 0 Å². The Morgan fingerprint density at radius 2 is 1.94 bits per heavy atom. The number of piperazine rings is 1. The number of nitrogens with zero attached hydrogens (tertiary/aromatic N) is 3. The van der Waals surface area contributed by atoms with Crippen molar-refractivity contribution in [2.75, 3.05) is 39.9 Å². The summed E-state index contributed by atoms with van der Waals surface area (Å²) in [5.41, 5.74) is 0. The summed E-state index contributed by atoms with van der Waals surface area (Å²) in [6.07, 6.45) is 1.19. The van der Waals surface area contributed by atoms with Crippen LogP contribution < -0.4 is 0 Å². The Morgan fingerprint density at radius 1 is 1.22 bits per heavy atom. The van der Waals surface area contributed by atoms with Gasteiger partial charge in [-0.1, -0.05) is 0 Å². The molecule has 106 valence electrons. The van der Waals surface area contributed by atoms with E-state index in [1.807, 2.05) is 0 Å². The van der Waals surface area contributed by atoms with Crippen LogP contribution in [0, 0.1) is 0 Å². The van der Waals surface area contributed by atoms with Gasteiger partial charge in [0.1, 0.15) is 6.67 Å². The summed E-state index contributed by atoms with van der Waals surface area (Å²) in [5.74, 6) is 0. The van der Waals surface area contributed by atoms with Crippen LogP contribution in [0.1, 0.15) is 27.2 Å². The lowest BCUT2D eigenvalue weighted by atomic mass is 10.0. The minimum Gasteiger partial charge on any atom is -0.303 e. The van der Waals surface area contributed by atoms with E-state index in [1.54, 1.807) is 0 Å². The van der Waals surface area contributed by atoms with Crippen LogP contribution in [0.5, 0.6) is 0 Å². The highest BCUT2D eigenvalue weighted by Crippen LogP contribution is 2.27. The second-order valence-corrected chi connectivity index (χ2v) is 6.24. The minimum atomic E-state index is -0.213. The second kappa shape index (κ2) is 5.85. The molecule has 0 aromatic rings. The summed E-state index contributed by atoms with van der Waals surface area (Å²) >= 11 is 0. The Morgan fingerprint density at radius 3 is 2.50 bits per heavy atom. The summed E-state index contributed by atoms with van der Waals surface area (Å²) in [6.45, 7) is 10.7. The van der Waals surface area contributed by atoms with Gasteiger partial charge in [0, 0.05) is 44.3 Å². The zero-order valence-electron chi connectivity index (χ0n) is 12.3. The van der Waals surface area contributed by atoms with E-state index < -0.39 is 0 Å². The van der Waals surface area contributed by atoms with Crippen LogP contribution in [-0.2, 0) is 0 Å². The molecule has 2 heterocycles. The highest BCUT2D eigenvalue weighted by molar-refractivity contribution is 4.96. The highest BCUT2D eigenvalue weighted by Gasteiger charge is 2.39. The van der Waals surface area contributed by atoms with Crippen molar-refractivity contribution < 1.29 is 4.39 Å². The van der Waals surface area contributed by atoms with Crippen LogP contribution in [0.15, 0.2) is 0 Å². The van der Waals surface area contributed by atoms with Crippen LogP contribution in [-0.4, -0.2) is 78.8 Å². The Bertz CT molecular complexity index is 272. The largest absolute Gasteiger partial charge is 0.303 e. The van der Waals surface area contributed by atoms with E-state index in [2.05, 4.69) is 42.5 Å². The lowest BCUT2D eigenvalue weighted by molar-refractivity contribution is 0.0253. The molecule has 0 saturated carbocycles. The lowest BCUT2D eigenvalue weighted by Crippen LogP contribution is -2.58. The van der Waals surface area contributed by atoms with Crippen molar-refractivity contribution in [2.45, 2.75) is 51.4 Å². The first-order valence-electron chi connectivity index (χ1n) is 7.30. The molecule has 0 aromatic heterocycles. The van der Waals surface area contributed by atoms with E-state index in [-0.39, 0.29) is 12.7 Å². The predicted octanol–water partition coefficient (Wildman–Crippen LogP) is 1.44. The smallest absolute Gasteiger partial charge is 0.106 e. The first-order valence-corrected chi connectivity index (χ1v) is 7.30. The van der Waals surface area contributed by atoms with Crippen LogP contribution in [0.4, 0.5) is 4.39 Å². The first-order chi connectivity index (χ1) is 8.54. The number of likely N-dealkylation sites (tertiary alicyclic amines) is 1. The molecule has 0 spiro atoms. The Labute approximate surface area is 111 Å². The molecule has 2 aliphatic rings. The molecule has 2 fully saturated rings. The maximum Gasteiger partial charge on any atom is 0.106 e. The summed E-state index contributed by atoms with van der Waals surface area (Å²) in [6, 6.07) is 1.80. The molecular weight excluding hydrogens is 229 g/mol. The molecule has 2 rings (SSSR count). The fourth-order valence-corrected chi connectivity index (χ4v) is 3.72. The molecule has 0 aromatic carbocycles. The van der Waals surface area contributed by atoms with Gasteiger partial charge in [-0.2, -0.15) is 0 Å². The van der Waals surface area contributed by atoms with E-state index >= 15 is 0 Å². The Kier molecular flexibility index (Phi) is 4.62. The van der Waals surface area contributed by atoms with Crippen LogP contribution in [0.25, 0.3) is 0 Å². The molecular formula is C14H28FN3. The Hall–Kier alpha value is -0.190. The molecule has 4 heteroatoms. The van der Waals surface area contributed by atoms with Crippen LogP contribution in [0.3, 0.4) is 0 Å². The SMILES string of the molecule is CC(C)N1CCC(N2CCN(C)CC2CF)C1C. The number of rotatable bonds is 3. The van der Waals surface area contributed by atoms with E-state index in [9.17, 15) is 4.39 Å². The average Bonchev–Trinajstić information content (AvgIpc) is 2.71. The number of hydrogen-bond acceptors (Lipinski definition) is 3. The fraction of sp³-hybridized carbons (Fsp3) is 1.00. The van der Waals surface area contributed by atoms with Gasteiger partial charge in [0.2, 0.25) is 0 Å². The van der Waals surface area contributed by atoms with Gasteiger partial charge < -0.3 is 4.90 Å². The first kappa shape index (κ1) is 14.2. The molecule has 18 heavy (non-hydrogen) atoms. The summed E-state index contributed by atoms with van der Waals surface area (Å²) in [4.78, 5) is 7.24. The van der Waals surface area contributed by atoms with Crippen LogP contribution in [0.2, 0.25) is 0 Å². The zero-order valence-corrected chi connectivity index (χ0v) is 12.3. The van der Waals surface area contributed by atoms with Crippen molar-refractivity contribution >= 4 is 0 Å². The van der Waals surface area contributed by atoms with Crippen LogP contribution >= 0.6 is 0 Å². The molecule has 0 bridgehead atoms. The normalized spacial score (nSPS) is 36.7. The maximum absolute atomic E-state index is 13.3. The Balaban J connectivity index is 2.02. The van der Waals surface area contributed by atoms with Crippen molar-refractivity contribution in [1.82, 2.24) is 14.7 Å². The molecule has 3 atom stereocenters. The third-order valence-corrected chi connectivity index (χ3v) is 4.76. The molecule has 2 aliphatic heterocycles. The van der Waals surface area contributed by atoms with Gasteiger partial charge in [-0.05, 0) is 34.2 Å². The topological polar surface area (TPSA) is 9.72 Å². The van der Waals surface area contributed by atoms with Gasteiger partial charge in [0.25, 0.3) is 0 Å². The minimum absolute atomic E-state index is 0.100. The number of likely N-dealkylation sites (N-methyl/N-ethyl adjacent to an activating group) is 1. The molecule has 0 amide bonds. The van der Waals surface area contributed by atoms with Crippen molar-refractivity contribution in [3.8, 4) is 0 Å². The van der Waals surface area contributed by atoms with E-state index in [1.165, 1.54) is 6.42 Å². The van der Waals surface area contributed by atoms with Crippen molar-refractivity contribution in [3.05, 3.63) is 0 Å². The molecule has 2 saturated heterocycles. The van der Waals surface area contributed by atoms with Gasteiger partial charge in [-0.15, -0.1) is 0 Å². The monoisotopic (exact) mass is 257 g/mol. The molecule has 3 nitrogen and oxygen atoms in total. The summed E-state index contributed by atoms with van der Waals surface area (Å²) in [5, 5.41) is 0. The number of halogens is 1. The highest BCUT2D eigenvalue weighted by atomic mass is 19.1. The quantitative estimate of drug-likeness (QED) is 0.757. The lowest BCUT2D eigenvalue weighted by Gasteiger charge is -2.44. The third kappa shape index (κ3) is 2.70. The average molecular weight is 257 g/mol. The van der Waals surface area contributed by atoms with Gasteiger partial charge in [0.15, 0.2) is 0 Å². The standard InChI is InChI=1S/C14H28FN3/c1-11(2)17-6-5-14(12(17)3)18-8-7-16(4)10-13(18)9-15/h11-14H,5-10H2,1-4H3. The molecule has 0 N–H and O–H groups in total. The fourth-order valence-electron chi connectivity index (χ4n) is 3.72. The number of hydrogen-bond donors (Lipinski definition) is 0. The van der Waals surface area contributed by atoms with E-state index in [0.717, 1.165) is 26.2 Å². The zero-order chi connectivity index (χ0) is 13.3. The summed E-state index contributed by atoms with van der Waals surface area (Å²) < 4.78 is 13.3. The molecule has 0 radical (unpaired) electrons. The second-order valence-electron chi connectivity index (χ2n) is 6.24.